The number of anilines is 1. The number of sulfonamides is 1. The van der Waals surface area contributed by atoms with E-state index in [0.717, 1.165) is 15.4 Å². The summed E-state index contributed by atoms with van der Waals surface area (Å²) in [6.07, 6.45) is 0.608. The Balaban J connectivity index is 1.37. The number of halogens is 1. The Bertz CT molecular complexity index is 1430. The molecule has 2 heterocycles. The lowest BCUT2D eigenvalue weighted by molar-refractivity contribution is -0.126. The highest BCUT2D eigenvalue weighted by Gasteiger charge is 2.41. The summed E-state index contributed by atoms with van der Waals surface area (Å²) in [5.74, 6) is -0.292. The maximum Gasteiger partial charge on any atom is 0.321 e. The standard InChI is InChI=1S/C27H27FN4O5S/c28-21-6-8-22(9-7-21)30-27(34)31-13-14-32(24(18-31)26(33)29-17-19-4-2-1-3-5-19)38(35,36)23-10-11-25-20(16-23)12-15-37-25/h1-11,16,24H,12-15,17-18H2,(H,29,33)(H,30,34). The van der Waals surface area contributed by atoms with Gasteiger partial charge in [-0.05, 0) is 53.6 Å². The van der Waals surface area contributed by atoms with Crippen molar-refractivity contribution >= 4 is 27.6 Å². The van der Waals surface area contributed by atoms with Crippen molar-refractivity contribution in [1.29, 1.82) is 0 Å². The topological polar surface area (TPSA) is 108 Å². The monoisotopic (exact) mass is 538 g/mol. The van der Waals surface area contributed by atoms with E-state index in [1.54, 1.807) is 12.1 Å². The van der Waals surface area contributed by atoms with Gasteiger partial charge in [0.15, 0.2) is 0 Å². The zero-order chi connectivity index (χ0) is 26.7. The van der Waals surface area contributed by atoms with Gasteiger partial charge in [0, 0.05) is 38.3 Å². The molecule has 3 amide bonds. The molecule has 0 saturated carbocycles. The lowest BCUT2D eigenvalue weighted by Gasteiger charge is -2.39. The van der Waals surface area contributed by atoms with Gasteiger partial charge in [-0.25, -0.2) is 17.6 Å². The van der Waals surface area contributed by atoms with E-state index in [1.165, 1.54) is 35.2 Å². The zero-order valence-corrected chi connectivity index (χ0v) is 21.3. The summed E-state index contributed by atoms with van der Waals surface area (Å²) in [5, 5.41) is 5.49. The number of hydrogen-bond donors (Lipinski definition) is 2. The molecule has 5 rings (SSSR count). The molecule has 11 heteroatoms. The third kappa shape index (κ3) is 5.48. The molecule has 38 heavy (non-hydrogen) atoms. The number of rotatable bonds is 6. The molecule has 2 N–H and O–H groups in total. The van der Waals surface area contributed by atoms with Crippen molar-refractivity contribution in [2.45, 2.75) is 23.9 Å². The van der Waals surface area contributed by atoms with Crippen molar-refractivity contribution in [3.05, 3.63) is 89.7 Å². The van der Waals surface area contributed by atoms with Gasteiger partial charge in [-0.15, -0.1) is 0 Å². The second kappa shape index (κ2) is 10.8. The Morgan fingerprint density at radius 2 is 1.76 bits per heavy atom. The highest BCUT2D eigenvalue weighted by atomic mass is 32.2. The van der Waals surface area contributed by atoms with Crippen molar-refractivity contribution in [3.8, 4) is 5.75 Å². The molecule has 0 radical (unpaired) electrons. The normalized spacial score (nSPS) is 17.4. The molecule has 2 aliphatic rings. The minimum atomic E-state index is -4.06. The van der Waals surface area contributed by atoms with Crippen LogP contribution in [0.25, 0.3) is 0 Å². The van der Waals surface area contributed by atoms with Crippen molar-refractivity contribution in [1.82, 2.24) is 14.5 Å². The number of urea groups is 1. The SMILES string of the molecule is O=C(NCc1ccccc1)C1CN(C(=O)Nc2ccc(F)cc2)CCN1S(=O)(=O)c1ccc2c(c1)CCO2. The minimum Gasteiger partial charge on any atom is -0.493 e. The molecule has 0 aromatic heterocycles. The molecule has 9 nitrogen and oxygen atoms in total. The Labute approximate surface area is 220 Å². The van der Waals surface area contributed by atoms with Crippen LogP contribution in [0.4, 0.5) is 14.9 Å². The van der Waals surface area contributed by atoms with Crippen LogP contribution in [0.3, 0.4) is 0 Å². The molecule has 0 aliphatic carbocycles. The Morgan fingerprint density at radius 3 is 2.53 bits per heavy atom. The molecule has 0 bridgehead atoms. The molecule has 3 aromatic carbocycles. The van der Waals surface area contributed by atoms with Crippen LogP contribution in [0.2, 0.25) is 0 Å². The van der Waals surface area contributed by atoms with Gasteiger partial charge in [0.1, 0.15) is 17.6 Å². The minimum absolute atomic E-state index is 0.0722. The molecule has 1 fully saturated rings. The fraction of sp³-hybridized carbons (Fsp3) is 0.259. The number of hydrogen-bond acceptors (Lipinski definition) is 5. The summed E-state index contributed by atoms with van der Waals surface area (Å²) in [5.41, 5.74) is 2.04. The summed E-state index contributed by atoms with van der Waals surface area (Å²) >= 11 is 0. The summed E-state index contributed by atoms with van der Waals surface area (Å²) < 4.78 is 47.4. The van der Waals surface area contributed by atoms with E-state index in [4.69, 9.17) is 4.74 Å². The van der Waals surface area contributed by atoms with Crippen LogP contribution < -0.4 is 15.4 Å². The molecular formula is C27H27FN4O5S. The third-order valence-electron chi connectivity index (χ3n) is 6.59. The van der Waals surface area contributed by atoms with E-state index in [1.807, 2.05) is 30.3 Å². The molecule has 1 unspecified atom stereocenters. The zero-order valence-electron chi connectivity index (χ0n) is 20.5. The Morgan fingerprint density at radius 1 is 1.00 bits per heavy atom. The van der Waals surface area contributed by atoms with E-state index in [9.17, 15) is 22.4 Å². The van der Waals surface area contributed by atoms with Crippen LogP contribution >= 0.6 is 0 Å². The summed E-state index contributed by atoms with van der Waals surface area (Å²) in [6, 6.07) is 17.6. The molecule has 1 atom stereocenters. The number of benzene rings is 3. The number of carbonyl (C=O) groups is 2. The lowest BCUT2D eigenvalue weighted by atomic mass is 10.2. The summed E-state index contributed by atoms with van der Waals surface area (Å²) in [4.78, 5) is 27.8. The van der Waals surface area contributed by atoms with Crippen LogP contribution in [0.15, 0.2) is 77.7 Å². The van der Waals surface area contributed by atoms with Gasteiger partial charge in [0.2, 0.25) is 15.9 Å². The summed E-state index contributed by atoms with van der Waals surface area (Å²) in [6.45, 7) is 0.549. The first-order chi connectivity index (χ1) is 18.3. The van der Waals surface area contributed by atoms with Gasteiger partial charge in [-0.2, -0.15) is 4.31 Å². The van der Waals surface area contributed by atoms with Crippen LogP contribution in [-0.4, -0.2) is 61.8 Å². The van der Waals surface area contributed by atoms with Crippen molar-refractivity contribution < 1.29 is 27.1 Å². The average Bonchev–Trinajstić information content (AvgIpc) is 3.41. The van der Waals surface area contributed by atoms with Crippen LogP contribution in [-0.2, 0) is 27.8 Å². The van der Waals surface area contributed by atoms with Crippen molar-refractivity contribution in [2.24, 2.45) is 0 Å². The van der Waals surface area contributed by atoms with Gasteiger partial charge in [-0.1, -0.05) is 30.3 Å². The molecule has 198 valence electrons. The smallest absolute Gasteiger partial charge is 0.321 e. The van der Waals surface area contributed by atoms with Crippen molar-refractivity contribution in [3.63, 3.8) is 0 Å². The van der Waals surface area contributed by atoms with E-state index < -0.39 is 33.8 Å². The van der Waals surface area contributed by atoms with E-state index in [-0.39, 0.29) is 31.1 Å². The van der Waals surface area contributed by atoms with Crippen LogP contribution in [0, 0.1) is 5.82 Å². The average molecular weight is 539 g/mol. The molecular weight excluding hydrogens is 511 g/mol. The van der Waals surface area contributed by atoms with Gasteiger partial charge in [-0.3, -0.25) is 4.79 Å². The number of nitrogens with one attached hydrogen (secondary N) is 2. The first-order valence-corrected chi connectivity index (χ1v) is 13.7. The number of fused-ring (bicyclic) bond motifs is 1. The highest BCUT2D eigenvalue weighted by molar-refractivity contribution is 7.89. The number of carbonyl (C=O) groups excluding carboxylic acids is 2. The summed E-state index contributed by atoms with van der Waals surface area (Å²) in [7, 11) is -4.06. The fourth-order valence-corrected chi connectivity index (χ4v) is 6.17. The fourth-order valence-electron chi connectivity index (χ4n) is 4.55. The molecule has 1 saturated heterocycles. The van der Waals surface area contributed by atoms with Gasteiger partial charge in [0.25, 0.3) is 0 Å². The number of piperazine rings is 1. The first-order valence-electron chi connectivity index (χ1n) is 12.2. The highest BCUT2D eigenvalue weighted by Crippen LogP contribution is 2.30. The second-order valence-corrected chi connectivity index (χ2v) is 11.0. The van der Waals surface area contributed by atoms with Gasteiger partial charge in [0.05, 0.1) is 11.5 Å². The lowest BCUT2D eigenvalue weighted by Crippen LogP contribution is -2.61. The van der Waals surface area contributed by atoms with Crippen molar-refractivity contribution in [2.75, 3.05) is 31.6 Å². The molecule has 0 spiro atoms. The van der Waals surface area contributed by atoms with Gasteiger partial charge < -0.3 is 20.3 Å². The van der Waals surface area contributed by atoms with Crippen LogP contribution in [0.5, 0.6) is 5.75 Å². The number of nitrogens with zero attached hydrogens (tertiary/aromatic N) is 2. The number of ether oxygens (including phenoxy) is 1. The Kier molecular flexibility index (Phi) is 7.30. The number of amides is 3. The third-order valence-corrected chi connectivity index (χ3v) is 8.50. The predicted molar refractivity (Wildman–Crippen MR) is 139 cm³/mol. The maximum absolute atomic E-state index is 13.7. The Hall–Kier alpha value is -3.96. The van der Waals surface area contributed by atoms with Gasteiger partial charge >= 0.3 is 6.03 Å². The quantitative estimate of drug-likeness (QED) is 0.502. The van der Waals surface area contributed by atoms with E-state index in [0.29, 0.717) is 24.5 Å². The first kappa shape index (κ1) is 25.7. The predicted octanol–water partition coefficient (Wildman–Crippen LogP) is 2.98. The second-order valence-electron chi connectivity index (χ2n) is 9.09. The molecule has 3 aromatic rings. The van der Waals surface area contributed by atoms with Crippen LogP contribution in [0.1, 0.15) is 11.1 Å². The molecule has 2 aliphatic heterocycles. The maximum atomic E-state index is 13.7. The van der Waals surface area contributed by atoms with E-state index >= 15 is 0 Å². The van der Waals surface area contributed by atoms with E-state index in [2.05, 4.69) is 10.6 Å². The largest absolute Gasteiger partial charge is 0.493 e.